The van der Waals surface area contributed by atoms with Crippen LogP contribution in [0.15, 0.2) is 36.7 Å². The molecule has 21 heavy (non-hydrogen) atoms. The van der Waals surface area contributed by atoms with Crippen molar-refractivity contribution in [2.45, 2.75) is 13.8 Å². The lowest BCUT2D eigenvalue weighted by Gasteiger charge is -2.11. The molecule has 0 saturated heterocycles. The summed E-state index contributed by atoms with van der Waals surface area (Å²) in [6.45, 7) is 3.97. The molecule has 2 aromatic heterocycles. The second-order valence-electron chi connectivity index (χ2n) is 5.36. The maximum atomic E-state index is 14.4. The Morgan fingerprint density at radius 1 is 1.00 bits per heavy atom. The molecule has 0 atom stereocenters. The van der Waals surface area contributed by atoms with Crippen LogP contribution in [-0.2, 0) is 0 Å². The first kappa shape index (κ1) is 12.3. The third kappa shape index (κ3) is 1.53. The fourth-order valence-electron chi connectivity index (χ4n) is 2.90. The number of halogens is 2. The zero-order valence-electron chi connectivity index (χ0n) is 11.6. The average molecular weight is 282 g/mol. The molecule has 0 aliphatic rings. The summed E-state index contributed by atoms with van der Waals surface area (Å²) in [6.07, 6.45) is 3.51. The Bertz CT molecular complexity index is 1020. The number of hydrogen-bond donors (Lipinski definition) is 0. The Labute approximate surface area is 119 Å². The molecule has 0 amide bonds. The minimum Gasteiger partial charge on any atom is -0.299 e. The number of rotatable bonds is 0. The van der Waals surface area contributed by atoms with Gasteiger partial charge in [0.15, 0.2) is 11.6 Å². The average Bonchev–Trinajstić information content (AvgIpc) is 2.94. The van der Waals surface area contributed by atoms with E-state index < -0.39 is 11.6 Å². The minimum absolute atomic E-state index is 0.298. The monoisotopic (exact) mass is 282 g/mol. The highest BCUT2D eigenvalue weighted by Gasteiger charge is 2.16. The summed E-state index contributed by atoms with van der Waals surface area (Å²) in [6, 6.07) is 6.64. The first-order valence-electron chi connectivity index (χ1n) is 6.71. The molecule has 0 bridgehead atoms. The van der Waals surface area contributed by atoms with Crippen LogP contribution in [0.5, 0.6) is 0 Å². The molecule has 2 aromatic carbocycles. The molecule has 2 nitrogen and oxygen atoms in total. The number of pyridine rings is 1. The standard InChI is InChI=1S/C17H12F2N2/c1-9-7-12-14(8-10(9)2)21-6-5-20-17(21)11-3-4-13(18)16(19)15(11)12/h3-8H,1-2H3. The molecular weight excluding hydrogens is 270 g/mol. The van der Waals surface area contributed by atoms with Crippen molar-refractivity contribution in [3.63, 3.8) is 0 Å². The normalized spacial score (nSPS) is 11.8. The maximum absolute atomic E-state index is 14.4. The lowest BCUT2D eigenvalue weighted by molar-refractivity contribution is 0.517. The third-order valence-corrected chi connectivity index (χ3v) is 4.12. The molecule has 0 saturated carbocycles. The highest BCUT2D eigenvalue weighted by Crippen LogP contribution is 2.33. The molecule has 4 rings (SSSR count). The van der Waals surface area contributed by atoms with Crippen LogP contribution < -0.4 is 0 Å². The summed E-state index contributed by atoms with van der Waals surface area (Å²) in [5.74, 6) is -1.65. The Morgan fingerprint density at radius 2 is 1.76 bits per heavy atom. The Balaban J connectivity index is 2.43. The minimum atomic E-state index is -0.835. The van der Waals surface area contributed by atoms with Crippen molar-refractivity contribution in [3.8, 4) is 0 Å². The summed E-state index contributed by atoms with van der Waals surface area (Å²) >= 11 is 0. The van der Waals surface area contributed by atoms with E-state index >= 15 is 0 Å². The number of imidazole rings is 1. The Morgan fingerprint density at radius 3 is 2.57 bits per heavy atom. The predicted molar refractivity (Wildman–Crippen MR) is 79.6 cm³/mol. The molecule has 0 unspecified atom stereocenters. The van der Waals surface area contributed by atoms with Gasteiger partial charge in [0.2, 0.25) is 0 Å². The summed E-state index contributed by atoms with van der Waals surface area (Å²) in [4.78, 5) is 4.29. The van der Waals surface area contributed by atoms with Crippen LogP contribution in [0.3, 0.4) is 0 Å². The van der Waals surface area contributed by atoms with Crippen LogP contribution in [0.25, 0.3) is 27.3 Å². The topological polar surface area (TPSA) is 17.3 Å². The van der Waals surface area contributed by atoms with Gasteiger partial charge < -0.3 is 0 Å². The number of fused-ring (bicyclic) bond motifs is 6. The lowest BCUT2D eigenvalue weighted by atomic mass is 10.0. The van der Waals surface area contributed by atoms with Crippen LogP contribution in [-0.4, -0.2) is 9.38 Å². The van der Waals surface area contributed by atoms with E-state index in [2.05, 4.69) is 4.98 Å². The van der Waals surface area contributed by atoms with Crippen molar-refractivity contribution in [1.82, 2.24) is 9.38 Å². The summed E-state index contributed by atoms with van der Waals surface area (Å²) in [5.41, 5.74) is 3.63. The largest absolute Gasteiger partial charge is 0.299 e. The van der Waals surface area contributed by atoms with Crippen LogP contribution in [0.4, 0.5) is 8.78 Å². The van der Waals surface area contributed by atoms with Gasteiger partial charge in [0, 0.05) is 28.6 Å². The van der Waals surface area contributed by atoms with E-state index in [1.54, 1.807) is 12.3 Å². The van der Waals surface area contributed by atoms with E-state index in [-0.39, 0.29) is 0 Å². The van der Waals surface area contributed by atoms with Crippen molar-refractivity contribution in [2.24, 2.45) is 0 Å². The quantitative estimate of drug-likeness (QED) is 0.433. The lowest BCUT2D eigenvalue weighted by Crippen LogP contribution is -1.96. The second kappa shape index (κ2) is 4.01. The van der Waals surface area contributed by atoms with Gasteiger partial charge in [-0.1, -0.05) is 0 Å². The smallest absolute Gasteiger partial charge is 0.167 e. The van der Waals surface area contributed by atoms with E-state index in [4.69, 9.17) is 0 Å². The van der Waals surface area contributed by atoms with E-state index in [1.807, 2.05) is 36.6 Å². The molecule has 0 fully saturated rings. The van der Waals surface area contributed by atoms with Gasteiger partial charge in [0.1, 0.15) is 5.65 Å². The summed E-state index contributed by atoms with van der Waals surface area (Å²) in [5, 5.41) is 1.62. The molecule has 0 radical (unpaired) electrons. The van der Waals surface area contributed by atoms with E-state index in [0.29, 0.717) is 21.8 Å². The molecule has 4 heteroatoms. The maximum Gasteiger partial charge on any atom is 0.167 e. The Hall–Kier alpha value is -2.49. The third-order valence-electron chi connectivity index (χ3n) is 4.12. The molecule has 0 N–H and O–H groups in total. The molecule has 104 valence electrons. The first-order valence-corrected chi connectivity index (χ1v) is 6.71. The van der Waals surface area contributed by atoms with Gasteiger partial charge in [-0.2, -0.15) is 0 Å². The molecule has 2 heterocycles. The van der Waals surface area contributed by atoms with Crippen molar-refractivity contribution >= 4 is 27.3 Å². The number of aryl methyl sites for hydroxylation is 2. The SMILES string of the molecule is Cc1cc2c3c(F)c(F)ccc3c3nccn3c2cc1C. The zero-order chi connectivity index (χ0) is 14.7. The summed E-state index contributed by atoms with van der Waals surface area (Å²) in [7, 11) is 0. The number of benzene rings is 2. The molecule has 0 aliphatic heterocycles. The van der Waals surface area contributed by atoms with Crippen molar-refractivity contribution in [3.05, 3.63) is 59.4 Å². The molecular formula is C17H12F2N2. The van der Waals surface area contributed by atoms with Gasteiger partial charge in [0.05, 0.1) is 5.52 Å². The van der Waals surface area contributed by atoms with Gasteiger partial charge >= 0.3 is 0 Å². The van der Waals surface area contributed by atoms with Crippen molar-refractivity contribution in [1.29, 1.82) is 0 Å². The number of hydrogen-bond acceptors (Lipinski definition) is 1. The second-order valence-corrected chi connectivity index (χ2v) is 5.36. The number of nitrogens with zero attached hydrogens (tertiary/aromatic N) is 2. The fraction of sp³-hybridized carbons (Fsp3) is 0.118. The van der Waals surface area contributed by atoms with Crippen LogP contribution >= 0.6 is 0 Å². The zero-order valence-corrected chi connectivity index (χ0v) is 11.6. The van der Waals surface area contributed by atoms with Crippen LogP contribution in [0.1, 0.15) is 11.1 Å². The summed E-state index contributed by atoms with van der Waals surface area (Å²) < 4.78 is 30.0. The predicted octanol–water partition coefficient (Wildman–Crippen LogP) is 4.54. The van der Waals surface area contributed by atoms with E-state index in [9.17, 15) is 8.78 Å². The van der Waals surface area contributed by atoms with Gasteiger partial charge in [-0.15, -0.1) is 0 Å². The van der Waals surface area contributed by atoms with Gasteiger partial charge in [0.25, 0.3) is 0 Å². The van der Waals surface area contributed by atoms with Gasteiger partial charge in [-0.25, -0.2) is 13.8 Å². The first-order chi connectivity index (χ1) is 10.1. The number of aromatic nitrogens is 2. The van der Waals surface area contributed by atoms with Crippen LogP contribution in [0, 0.1) is 25.5 Å². The fourth-order valence-corrected chi connectivity index (χ4v) is 2.90. The van der Waals surface area contributed by atoms with Gasteiger partial charge in [-0.3, -0.25) is 4.40 Å². The highest BCUT2D eigenvalue weighted by atomic mass is 19.2. The van der Waals surface area contributed by atoms with E-state index in [1.165, 1.54) is 0 Å². The molecule has 0 spiro atoms. The van der Waals surface area contributed by atoms with E-state index in [0.717, 1.165) is 22.7 Å². The Kier molecular flexibility index (Phi) is 2.34. The molecule has 4 aromatic rings. The van der Waals surface area contributed by atoms with Crippen LogP contribution in [0.2, 0.25) is 0 Å². The van der Waals surface area contributed by atoms with Crippen molar-refractivity contribution < 1.29 is 8.78 Å². The van der Waals surface area contributed by atoms with Gasteiger partial charge in [-0.05, 0) is 49.2 Å². The highest BCUT2D eigenvalue weighted by molar-refractivity contribution is 6.12. The molecule has 0 aliphatic carbocycles. The van der Waals surface area contributed by atoms with Crippen molar-refractivity contribution in [2.75, 3.05) is 0 Å².